The van der Waals surface area contributed by atoms with Gasteiger partial charge in [0.05, 0.1) is 0 Å². The van der Waals surface area contributed by atoms with Gasteiger partial charge in [0.2, 0.25) is 0 Å². The Labute approximate surface area is 82.5 Å². The van der Waals surface area contributed by atoms with Crippen LogP contribution in [-0.2, 0) is 0 Å². The lowest BCUT2D eigenvalue weighted by molar-refractivity contribution is 0.0978. The zero-order valence-electron chi connectivity index (χ0n) is 7.83. The molecule has 0 bridgehead atoms. The van der Waals surface area contributed by atoms with Crippen molar-refractivity contribution in [1.82, 2.24) is 0 Å². The highest BCUT2D eigenvalue weighted by atomic mass is 32.2. The van der Waals surface area contributed by atoms with Crippen LogP contribution in [0.2, 0.25) is 0 Å². The Hall–Kier alpha value is -0.760. The Kier molecular flexibility index (Phi) is 2.16. The first kappa shape index (κ1) is 8.82. The van der Waals surface area contributed by atoms with Crippen molar-refractivity contribution >= 4 is 17.5 Å². The molecule has 0 N–H and O–H groups in total. The number of aryl methyl sites for hydroxylation is 1. The molecule has 1 aliphatic heterocycles. The van der Waals surface area contributed by atoms with Crippen molar-refractivity contribution in [3.8, 4) is 0 Å². The number of ketones is 1. The maximum absolute atomic E-state index is 11.6. The molecule has 1 heterocycles. The van der Waals surface area contributed by atoms with E-state index in [1.807, 2.05) is 13.0 Å². The minimum Gasteiger partial charge on any atom is -0.294 e. The number of carbonyl (C=O) groups excluding carboxylic acids is 1. The first-order valence-electron chi connectivity index (χ1n) is 4.47. The van der Waals surface area contributed by atoms with Crippen LogP contribution in [0.15, 0.2) is 23.1 Å². The van der Waals surface area contributed by atoms with Crippen LogP contribution in [-0.4, -0.2) is 11.0 Å². The molecule has 0 radical (unpaired) electrons. The monoisotopic (exact) mass is 192 g/mol. The molecule has 1 aromatic carbocycles. The van der Waals surface area contributed by atoms with Gasteiger partial charge < -0.3 is 0 Å². The predicted molar refractivity (Wildman–Crippen MR) is 55.4 cm³/mol. The van der Waals surface area contributed by atoms with Crippen LogP contribution in [0.3, 0.4) is 0 Å². The minimum atomic E-state index is 0.296. The number of carbonyl (C=O) groups is 1. The highest BCUT2D eigenvalue weighted by molar-refractivity contribution is 8.00. The molecule has 0 amide bonds. The fourth-order valence-corrected chi connectivity index (χ4v) is 2.71. The second-order valence-corrected chi connectivity index (χ2v) is 5.04. The number of benzene rings is 1. The Morgan fingerprint density at radius 1 is 1.46 bits per heavy atom. The summed E-state index contributed by atoms with van der Waals surface area (Å²) in [5.41, 5.74) is 2.09. The van der Waals surface area contributed by atoms with Gasteiger partial charge in [0.25, 0.3) is 0 Å². The van der Waals surface area contributed by atoms with Crippen LogP contribution < -0.4 is 0 Å². The maximum atomic E-state index is 11.6. The van der Waals surface area contributed by atoms with Gasteiger partial charge >= 0.3 is 0 Å². The molecule has 68 valence electrons. The lowest BCUT2D eigenvalue weighted by atomic mass is 10.0. The third kappa shape index (κ3) is 1.63. The summed E-state index contributed by atoms with van der Waals surface area (Å²) in [6.07, 6.45) is 0.682. The SMILES string of the molecule is Cc1ccc2c(c1)C(=O)CC(C)S2. The average molecular weight is 192 g/mol. The number of hydrogen-bond acceptors (Lipinski definition) is 2. The average Bonchev–Trinajstić information content (AvgIpc) is 2.06. The second-order valence-electron chi connectivity index (χ2n) is 3.56. The number of fused-ring (bicyclic) bond motifs is 1. The highest BCUT2D eigenvalue weighted by Gasteiger charge is 2.22. The number of hydrogen-bond donors (Lipinski definition) is 0. The molecule has 1 aromatic rings. The van der Waals surface area contributed by atoms with Crippen molar-refractivity contribution in [1.29, 1.82) is 0 Å². The largest absolute Gasteiger partial charge is 0.294 e. The smallest absolute Gasteiger partial charge is 0.165 e. The molecule has 2 heteroatoms. The van der Waals surface area contributed by atoms with Gasteiger partial charge in [-0.25, -0.2) is 0 Å². The molecule has 1 aliphatic rings. The van der Waals surface area contributed by atoms with Gasteiger partial charge in [-0.3, -0.25) is 4.79 Å². The van der Waals surface area contributed by atoms with E-state index < -0.39 is 0 Å². The molecule has 2 rings (SSSR count). The van der Waals surface area contributed by atoms with Crippen LogP contribution in [0, 0.1) is 6.92 Å². The summed E-state index contributed by atoms with van der Waals surface area (Å²) in [6.45, 7) is 4.13. The zero-order chi connectivity index (χ0) is 9.42. The van der Waals surface area contributed by atoms with Gasteiger partial charge in [0.1, 0.15) is 0 Å². The molecule has 0 saturated heterocycles. The summed E-state index contributed by atoms with van der Waals surface area (Å²) >= 11 is 1.80. The fraction of sp³-hybridized carbons (Fsp3) is 0.364. The number of thioether (sulfide) groups is 1. The van der Waals surface area contributed by atoms with Crippen LogP contribution >= 0.6 is 11.8 Å². The molecule has 0 fully saturated rings. The van der Waals surface area contributed by atoms with E-state index in [1.54, 1.807) is 11.8 Å². The molecular weight excluding hydrogens is 180 g/mol. The number of Topliss-reactive ketones (excluding diaryl/α,β-unsaturated/α-hetero) is 1. The molecule has 0 saturated carbocycles. The molecule has 13 heavy (non-hydrogen) atoms. The first-order chi connectivity index (χ1) is 6.16. The third-order valence-electron chi connectivity index (χ3n) is 2.24. The van der Waals surface area contributed by atoms with Crippen molar-refractivity contribution in [3.63, 3.8) is 0 Å². The predicted octanol–water partition coefficient (Wildman–Crippen LogP) is 3.06. The Balaban J connectivity index is 2.49. The Morgan fingerprint density at radius 2 is 2.23 bits per heavy atom. The van der Waals surface area contributed by atoms with Gasteiger partial charge in [0.15, 0.2) is 5.78 Å². The molecule has 0 aliphatic carbocycles. The molecule has 0 aromatic heterocycles. The van der Waals surface area contributed by atoms with Gasteiger partial charge in [-0.15, -0.1) is 11.8 Å². The van der Waals surface area contributed by atoms with E-state index in [2.05, 4.69) is 19.1 Å². The highest BCUT2D eigenvalue weighted by Crippen LogP contribution is 2.35. The van der Waals surface area contributed by atoms with Gasteiger partial charge in [-0.05, 0) is 19.1 Å². The van der Waals surface area contributed by atoms with Crippen LogP contribution in [0.25, 0.3) is 0 Å². The van der Waals surface area contributed by atoms with E-state index in [0.29, 0.717) is 17.5 Å². The van der Waals surface area contributed by atoms with E-state index in [9.17, 15) is 4.79 Å². The molecule has 1 unspecified atom stereocenters. The molecular formula is C11H12OS. The summed E-state index contributed by atoms with van der Waals surface area (Å²) in [5, 5.41) is 0.433. The van der Waals surface area contributed by atoms with Crippen LogP contribution in [0.1, 0.15) is 29.3 Å². The normalized spacial score (nSPS) is 21.4. The fourth-order valence-electron chi connectivity index (χ4n) is 1.59. The summed E-state index contributed by atoms with van der Waals surface area (Å²) in [7, 11) is 0. The van der Waals surface area contributed by atoms with E-state index in [1.165, 1.54) is 5.56 Å². The molecule has 1 nitrogen and oxygen atoms in total. The topological polar surface area (TPSA) is 17.1 Å². The van der Waals surface area contributed by atoms with Crippen molar-refractivity contribution in [3.05, 3.63) is 29.3 Å². The van der Waals surface area contributed by atoms with Gasteiger partial charge in [-0.1, -0.05) is 18.6 Å². The van der Waals surface area contributed by atoms with Crippen LogP contribution in [0.4, 0.5) is 0 Å². The van der Waals surface area contributed by atoms with Crippen molar-refractivity contribution in [2.45, 2.75) is 30.4 Å². The Bertz CT molecular complexity index is 357. The van der Waals surface area contributed by atoms with Crippen molar-refractivity contribution in [2.75, 3.05) is 0 Å². The first-order valence-corrected chi connectivity index (χ1v) is 5.35. The van der Waals surface area contributed by atoms with E-state index in [4.69, 9.17) is 0 Å². The standard InChI is InChI=1S/C11H12OS/c1-7-3-4-11-9(5-7)10(12)6-8(2)13-11/h3-5,8H,6H2,1-2H3. The zero-order valence-corrected chi connectivity index (χ0v) is 8.65. The van der Waals surface area contributed by atoms with E-state index in [-0.39, 0.29) is 0 Å². The minimum absolute atomic E-state index is 0.296. The molecule has 0 spiro atoms. The maximum Gasteiger partial charge on any atom is 0.165 e. The van der Waals surface area contributed by atoms with E-state index in [0.717, 1.165) is 10.5 Å². The summed E-state index contributed by atoms with van der Waals surface area (Å²) in [5.74, 6) is 0.296. The summed E-state index contributed by atoms with van der Waals surface area (Å²) in [4.78, 5) is 12.8. The summed E-state index contributed by atoms with van der Waals surface area (Å²) in [6, 6.07) is 6.12. The summed E-state index contributed by atoms with van der Waals surface area (Å²) < 4.78 is 0. The van der Waals surface area contributed by atoms with Crippen molar-refractivity contribution < 1.29 is 4.79 Å². The Morgan fingerprint density at radius 3 is 3.00 bits per heavy atom. The lowest BCUT2D eigenvalue weighted by Crippen LogP contribution is -2.14. The number of rotatable bonds is 0. The van der Waals surface area contributed by atoms with Gasteiger partial charge in [-0.2, -0.15) is 0 Å². The molecule has 1 atom stereocenters. The van der Waals surface area contributed by atoms with Crippen LogP contribution in [0.5, 0.6) is 0 Å². The van der Waals surface area contributed by atoms with E-state index >= 15 is 0 Å². The third-order valence-corrected chi connectivity index (χ3v) is 3.42. The quantitative estimate of drug-likeness (QED) is 0.628. The van der Waals surface area contributed by atoms with Crippen molar-refractivity contribution in [2.24, 2.45) is 0 Å². The second kappa shape index (κ2) is 3.18. The van der Waals surface area contributed by atoms with Gasteiger partial charge in [0, 0.05) is 22.1 Å². The lowest BCUT2D eigenvalue weighted by Gasteiger charge is -2.19.